The molecule has 0 aliphatic carbocycles. The Hall–Kier alpha value is -1.74. The molecule has 0 N–H and O–H groups in total. The van der Waals surface area contributed by atoms with Crippen molar-refractivity contribution in [1.82, 2.24) is 0 Å². The molecule has 0 fully saturated rings. The van der Waals surface area contributed by atoms with Crippen molar-refractivity contribution in [1.29, 1.82) is 0 Å². The molecule has 0 rings (SSSR count). The Bertz CT molecular complexity index is 377. The summed E-state index contributed by atoms with van der Waals surface area (Å²) in [4.78, 5) is 23.9. The van der Waals surface area contributed by atoms with E-state index in [1.165, 1.54) is 28.4 Å². The molecule has 0 saturated heterocycles. The van der Waals surface area contributed by atoms with Crippen molar-refractivity contribution in [2.45, 2.75) is 44.1 Å². The molecule has 0 amide bonds. The molecule has 8 heteroatoms. The van der Waals surface area contributed by atoms with Crippen LogP contribution in [0, 0.1) is 0 Å². The predicted octanol–water partition coefficient (Wildman–Crippen LogP) is 1.59. The molecule has 0 aromatic heterocycles. The van der Waals surface area contributed by atoms with Crippen LogP contribution in [-0.4, -0.2) is 65.2 Å². The first-order chi connectivity index (χ1) is 12.0. The predicted molar refractivity (Wildman–Crippen MR) is 89.6 cm³/mol. The second kappa shape index (κ2) is 13.5. The second-order valence-electron chi connectivity index (χ2n) is 4.96. The van der Waals surface area contributed by atoms with Gasteiger partial charge >= 0.3 is 11.9 Å². The summed E-state index contributed by atoms with van der Waals surface area (Å²) in [6.07, 6.45) is 0.192. The summed E-state index contributed by atoms with van der Waals surface area (Å²) in [5, 5.41) is 0. The summed E-state index contributed by atoms with van der Waals surface area (Å²) in [7, 11) is 5.67. The third kappa shape index (κ3) is 8.78. The molecule has 0 heterocycles. The lowest BCUT2D eigenvalue weighted by Gasteiger charge is -2.25. The Morgan fingerprint density at radius 1 is 0.760 bits per heavy atom. The number of ether oxygens (including phenoxy) is 6. The van der Waals surface area contributed by atoms with E-state index in [0.717, 1.165) is 0 Å². The van der Waals surface area contributed by atoms with Gasteiger partial charge in [0.1, 0.15) is 6.42 Å². The molecule has 0 radical (unpaired) electrons. The van der Waals surface area contributed by atoms with Gasteiger partial charge in [0.2, 0.25) is 0 Å². The van der Waals surface area contributed by atoms with Crippen molar-refractivity contribution < 1.29 is 38.0 Å². The SMILES string of the molecule is C=CCC(OC(=O)CC(=O)OC(CC=C)C(OC)OC)C(OC)OC. The third-order valence-corrected chi connectivity index (χ3v) is 3.19. The summed E-state index contributed by atoms with van der Waals surface area (Å²) < 4.78 is 30.7. The van der Waals surface area contributed by atoms with Crippen LogP contribution in [0.2, 0.25) is 0 Å². The lowest BCUT2D eigenvalue weighted by molar-refractivity contribution is -0.198. The van der Waals surface area contributed by atoms with Crippen LogP contribution in [0.5, 0.6) is 0 Å². The summed E-state index contributed by atoms with van der Waals surface area (Å²) >= 11 is 0. The first kappa shape index (κ1) is 23.3. The minimum Gasteiger partial charge on any atom is -0.456 e. The maximum absolute atomic E-state index is 12.0. The van der Waals surface area contributed by atoms with Crippen LogP contribution < -0.4 is 0 Å². The topological polar surface area (TPSA) is 89.5 Å². The molecule has 25 heavy (non-hydrogen) atoms. The van der Waals surface area contributed by atoms with Gasteiger partial charge in [-0.1, -0.05) is 12.2 Å². The van der Waals surface area contributed by atoms with E-state index in [4.69, 9.17) is 28.4 Å². The van der Waals surface area contributed by atoms with Gasteiger partial charge in [-0.3, -0.25) is 9.59 Å². The Kier molecular flexibility index (Phi) is 12.6. The molecule has 2 unspecified atom stereocenters. The maximum Gasteiger partial charge on any atom is 0.317 e. The molecule has 0 aromatic rings. The fourth-order valence-corrected chi connectivity index (χ4v) is 2.10. The van der Waals surface area contributed by atoms with E-state index >= 15 is 0 Å². The smallest absolute Gasteiger partial charge is 0.317 e. The molecule has 0 spiro atoms. The van der Waals surface area contributed by atoms with Crippen LogP contribution in [0.15, 0.2) is 25.3 Å². The zero-order valence-corrected chi connectivity index (χ0v) is 15.3. The average Bonchev–Trinajstić information content (AvgIpc) is 2.57. The molecule has 0 bridgehead atoms. The Labute approximate surface area is 148 Å². The highest BCUT2D eigenvalue weighted by Gasteiger charge is 2.28. The van der Waals surface area contributed by atoms with Gasteiger partial charge in [0.25, 0.3) is 0 Å². The van der Waals surface area contributed by atoms with E-state index in [9.17, 15) is 9.59 Å². The van der Waals surface area contributed by atoms with Crippen molar-refractivity contribution in [2.75, 3.05) is 28.4 Å². The lowest BCUT2D eigenvalue weighted by atomic mass is 10.2. The Balaban J connectivity index is 4.71. The first-order valence-corrected chi connectivity index (χ1v) is 7.69. The summed E-state index contributed by atoms with van der Waals surface area (Å²) in [5.74, 6) is -1.53. The molecule has 0 aliphatic heterocycles. The molecular formula is C17H28O8. The van der Waals surface area contributed by atoms with E-state index in [2.05, 4.69) is 13.2 Å². The molecule has 0 saturated carbocycles. The van der Waals surface area contributed by atoms with E-state index in [-0.39, 0.29) is 0 Å². The lowest BCUT2D eigenvalue weighted by Crippen LogP contribution is -2.36. The van der Waals surface area contributed by atoms with Gasteiger partial charge in [0, 0.05) is 41.3 Å². The number of rotatable bonds is 14. The molecule has 2 atom stereocenters. The first-order valence-electron chi connectivity index (χ1n) is 7.69. The van der Waals surface area contributed by atoms with Crippen LogP contribution in [0.4, 0.5) is 0 Å². The van der Waals surface area contributed by atoms with Crippen molar-refractivity contribution in [3.05, 3.63) is 25.3 Å². The summed E-state index contributed by atoms with van der Waals surface area (Å²) in [6, 6.07) is 0. The van der Waals surface area contributed by atoms with Crippen molar-refractivity contribution in [3.63, 3.8) is 0 Å². The number of esters is 2. The van der Waals surface area contributed by atoms with Crippen LogP contribution in [0.3, 0.4) is 0 Å². The zero-order valence-electron chi connectivity index (χ0n) is 15.3. The largest absolute Gasteiger partial charge is 0.456 e. The Morgan fingerprint density at radius 2 is 1.08 bits per heavy atom. The fourth-order valence-electron chi connectivity index (χ4n) is 2.10. The minimum atomic E-state index is -0.766. The van der Waals surface area contributed by atoms with Crippen molar-refractivity contribution >= 4 is 11.9 Å². The van der Waals surface area contributed by atoms with E-state index in [1.807, 2.05) is 0 Å². The molecule has 144 valence electrons. The van der Waals surface area contributed by atoms with E-state index in [0.29, 0.717) is 12.8 Å². The van der Waals surface area contributed by atoms with Gasteiger partial charge in [-0.2, -0.15) is 0 Å². The monoisotopic (exact) mass is 360 g/mol. The van der Waals surface area contributed by atoms with Gasteiger partial charge in [0.15, 0.2) is 24.8 Å². The zero-order chi connectivity index (χ0) is 19.2. The molecule has 0 aromatic carbocycles. The van der Waals surface area contributed by atoms with Crippen LogP contribution in [0.1, 0.15) is 19.3 Å². The molecular weight excluding hydrogens is 332 g/mol. The molecule has 8 nitrogen and oxygen atoms in total. The van der Waals surface area contributed by atoms with Crippen LogP contribution in [-0.2, 0) is 38.0 Å². The molecule has 0 aliphatic rings. The third-order valence-electron chi connectivity index (χ3n) is 3.19. The van der Waals surface area contributed by atoms with Gasteiger partial charge in [-0.15, -0.1) is 13.2 Å². The highest BCUT2D eigenvalue weighted by atomic mass is 16.7. The minimum absolute atomic E-state index is 0.307. The Morgan fingerprint density at radius 3 is 1.32 bits per heavy atom. The highest BCUT2D eigenvalue weighted by molar-refractivity contribution is 5.91. The van der Waals surface area contributed by atoms with Gasteiger partial charge in [0.05, 0.1) is 0 Å². The summed E-state index contributed by atoms with van der Waals surface area (Å²) in [5.41, 5.74) is 0. The number of carbonyl (C=O) groups excluding carboxylic acids is 2. The van der Waals surface area contributed by atoms with Gasteiger partial charge in [-0.05, 0) is 0 Å². The number of hydrogen-bond acceptors (Lipinski definition) is 8. The number of hydrogen-bond donors (Lipinski definition) is 0. The quantitative estimate of drug-likeness (QED) is 0.200. The fraction of sp³-hybridized carbons (Fsp3) is 0.647. The standard InChI is InChI=1S/C17H28O8/c1-7-9-12(16(20-3)21-4)24-14(18)11-15(19)25-13(10-8-2)17(22-5)23-6/h7-8,12-13,16-17H,1-2,9-11H2,3-6H3. The van der Waals surface area contributed by atoms with E-state index < -0.39 is 43.1 Å². The number of methoxy groups -OCH3 is 4. The van der Waals surface area contributed by atoms with Crippen molar-refractivity contribution in [2.24, 2.45) is 0 Å². The maximum atomic E-state index is 12.0. The van der Waals surface area contributed by atoms with Gasteiger partial charge in [-0.25, -0.2) is 0 Å². The van der Waals surface area contributed by atoms with E-state index in [1.54, 1.807) is 12.2 Å². The number of carbonyl (C=O) groups is 2. The average molecular weight is 360 g/mol. The van der Waals surface area contributed by atoms with Gasteiger partial charge < -0.3 is 28.4 Å². The van der Waals surface area contributed by atoms with Crippen LogP contribution in [0.25, 0.3) is 0 Å². The second-order valence-corrected chi connectivity index (χ2v) is 4.96. The highest BCUT2D eigenvalue weighted by Crippen LogP contribution is 2.13. The summed E-state index contributed by atoms with van der Waals surface area (Å²) in [6.45, 7) is 7.17. The van der Waals surface area contributed by atoms with Crippen LogP contribution >= 0.6 is 0 Å². The van der Waals surface area contributed by atoms with Crippen molar-refractivity contribution in [3.8, 4) is 0 Å². The normalized spacial score (nSPS) is 13.4.